The van der Waals surface area contributed by atoms with Crippen LogP contribution in [0.25, 0.3) is 0 Å². The molecule has 0 amide bonds. The van der Waals surface area contributed by atoms with Crippen LogP contribution in [0.2, 0.25) is 0 Å². The second-order valence-corrected chi connectivity index (χ2v) is 22.7. The van der Waals surface area contributed by atoms with Crippen molar-refractivity contribution in [3.8, 4) is 0 Å². The molecule has 8 aliphatic rings. The van der Waals surface area contributed by atoms with Crippen LogP contribution in [0.4, 0.5) is 0 Å². The molecule has 6 fully saturated rings. The van der Waals surface area contributed by atoms with Crippen molar-refractivity contribution in [3.63, 3.8) is 0 Å². The average Bonchev–Trinajstić information content (AvgIpc) is 3.74. The van der Waals surface area contributed by atoms with Crippen LogP contribution < -0.4 is 0 Å². The van der Waals surface area contributed by atoms with E-state index in [1.165, 1.54) is 110 Å². The third-order valence-electron chi connectivity index (χ3n) is 20.1. The zero-order chi connectivity index (χ0) is 41.1. The number of hydrogen-bond donors (Lipinski definition) is 0. The summed E-state index contributed by atoms with van der Waals surface area (Å²) in [6.45, 7) is 19.5. The lowest BCUT2D eigenvalue weighted by molar-refractivity contribution is -0.142. The van der Waals surface area contributed by atoms with E-state index in [1.807, 2.05) is 5.57 Å². The van der Waals surface area contributed by atoms with Crippen LogP contribution >= 0.6 is 0 Å². The third-order valence-corrected chi connectivity index (χ3v) is 20.1. The summed E-state index contributed by atoms with van der Waals surface area (Å²) >= 11 is 0. The van der Waals surface area contributed by atoms with Gasteiger partial charge in [0.15, 0.2) is 5.78 Å². The van der Waals surface area contributed by atoms with Gasteiger partial charge in [-0.1, -0.05) is 80.0 Å². The molecule has 328 valence electrons. The van der Waals surface area contributed by atoms with Crippen LogP contribution in [-0.4, -0.2) is 31.9 Å². The Morgan fingerprint density at radius 1 is 0.672 bits per heavy atom. The predicted molar refractivity (Wildman–Crippen MR) is 237 cm³/mol. The molecule has 0 spiro atoms. The minimum absolute atomic E-state index is 0. The summed E-state index contributed by atoms with van der Waals surface area (Å²) in [5, 5.41) is 0. The van der Waals surface area contributed by atoms with Crippen molar-refractivity contribution in [2.75, 3.05) is 14.2 Å². The zero-order valence-corrected chi connectivity index (χ0v) is 38.1. The molecular weight excluding hydrogens is 717 g/mol. The molecule has 6 unspecified atom stereocenters. The molecule has 5 heteroatoms. The maximum Gasteiger partial charge on any atom is 0.305 e. The van der Waals surface area contributed by atoms with E-state index >= 15 is 0 Å². The second kappa shape index (κ2) is 17.5. The lowest BCUT2D eigenvalue weighted by Gasteiger charge is -2.57. The highest BCUT2D eigenvalue weighted by Crippen LogP contribution is 2.68. The first-order chi connectivity index (χ1) is 27.0. The molecular formula is C53H86O5. The fourth-order valence-corrected chi connectivity index (χ4v) is 16.5. The standard InChI is InChI=1S/C26H40O3.C26H42O2.CH4/c1-16-12-13-25(3)18(14-16)7-8-19-21-10-9-20(17(2)6-11-24(28)29-5)26(21,4)23(27)15-22(19)25;1-17-12-14-25(3)19(16-17)7-8-20-22-10-9-21(18(2)6-11-24(27)28-5)26(22,4)15-13-23(20)25;/h15-21H,6-14H2,1-5H3;13,17-22H,6-12,14-16H2,1-5H3;1H4/t16-,17-,18-,19?,20?,21?,25+,26-;17-,18-,19-,20?,21?,22?,25+,26-;/m11./s1. The van der Waals surface area contributed by atoms with Crippen LogP contribution in [-0.2, 0) is 23.9 Å². The van der Waals surface area contributed by atoms with Crippen molar-refractivity contribution in [3.05, 3.63) is 23.3 Å². The predicted octanol–water partition coefficient (Wildman–Crippen LogP) is 13.4. The van der Waals surface area contributed by atoms with E-state index < -0.39 is 0 Å². The molecule has 5 nitrogen and oxygen atoms in total. The lowest BCUT2D eigenvalue weighted by atomic mass is 9.47. The van der Waals surface area contributed by atoms with Gasteiger partial charge in [0, 0.05) is 18.3 Å². The van der Waals surface area contributed by atoms with Gasteiger partial charge in [0.2, 0.25) is 0 Å². The summed E-state index contributed by atoms with van der Waals surface area (Å²) in [5.74, 6) is 8.62. The summed E-state index contributed by atoms with van der Waals surface area (Å²) in [6.07, 6.45) is 27.8. The van der Waals surface area contributed by atoms with Crippen molar-refractivity contribution in [1.82, 2.24) is 0 Å². The minimum Gasteiger partial charge on any atom is -0.469 e. The molecule has 0 aromatic heterocycles. The Balaban J connectivity index is 0.000000192. The van der Waals surface area contributed by atoms with Crippen LogP contribution in [0.1, 0.15) is 185 Å². The summed E-state index contributed by atoms with van der Waals surface area (Å²) in [5.41, 5.74) is 4.34. The maximum atomic E-state index is 13.7. The molecule has 0 aromatic carbocycles. The number of hydrogen-bond acceptors (Lipinski definition) is 5. The van der Waals surface area contributed by atoms with Gasteiger partial charge in [-0.05, 0) is 202 Å². The van der Waals surface area contributed by atoms with Gasteiger partial charge in [-0.15, -0.1) is 0 Å². The smallest absolute Gasteiger partial charge is 0.305 e. The monoisotopic (exact) mass is 803 g/mol. The first kappa shape index (κ1) is 45.6. The third kappa shape index (κ3) is 7.77. The van der Waals surface area contributed by atoms with Gasteiger partial charge in [-0.25, -0.2) is 0 Å². The van der Waals surface area contributed by atoms with Gasteiger partial charge in [-0.2, -0.15) is 0 Å². The second-order valence-electron chi connectivity index (χ2n) is 22.7. The highest BCUT2D eigenvalue weighted by Gasteiger charge is 2.61. The van der Waals surface area contributed by atoms with Gasteiger partial charge in [0.1, 0.15) is 0 Å². The molecule has 8 rings (SSSR count). The van der Waals surface area contributed by atoms with Crippen molar-refractivity contribution in [1.29, 1.82) is 0 Å². The fourth-order valence-electron chi connectivity index (χ4n) is 16.5. The molecule has 0 saturated heterocycles. The summed E-state index contributed by atoms with van der Waals surface area (Å²) < 4.78 is 9.73. The minimum atomic E-state index is -0.241. The van der Waals surface area contributed by atoms with Gasteiger partial charge < -0.3 is 9.47 Å². The molecule has 6 saturated carbocycles. The van der Waals surface area contributed by atoms with Crippen molar-refractivity contribution < 1.29 is 23.9 Å². The number of rotatable bonds is 8. The van der Waals surface area contributed by atoms with E-state index in [-0.39, 0.29) is 30.2 Å². The maximum absolute atomic E-state index is 13.7. The van der Waals surface area contributed by atoms with E-state index in [1.54, 1.807) is 0 Å². The first-order valence-corrected chi connectivity index (χ1v) is 24.1. The molecule has 58 heavy (non-hydrogen) atoms. The van der Waals surface area contributed by atoms with E-state index in [4.69, 9.17) is 9.47 Å². The fraction of sp³-hybridized carbons (Fsp3) is 0.868. The Morgan fingerprint density at radius 3 is 1.71 bits per heavy atom. The quantitative estimate of drug-likeness (QED) is 0.181. The van der Waals surface area contributed by atoms with Crippen molar-refractivity contribution in [2.45, 2.75) is 185 Å². The molecule has 0 N–H and O–H groups in total. The van der Waals surface area contributed by atoms with E-state index in [2.05, 4.69) is 67.5 Å². The van der Waals surface area contributed by atoms with E-state index in [9.17, 15) is 14.4 Å². The number of methoxy groups -OCH3 is 2. The molecule has 0 radical (unpaired) electrons. The Hall–Kier alpha value is -1.91. The molecule has 0 heterocycles. The first-order valence-electron chi connectivity index (χ1n) is 24.1. The zero-order valence-electron chi connectivity index (χ0n) is 38.1. The molecule has 0 bridgehead atoms. The van der Waals surface area contributed by atoms with Crippen LogP contribution in [0.3, 0.4) is 0 Å². The number of esters is 2. The Kier molecular flexibility index (Phi) is 13.7. The highest BCUT2D eigenvalue weighted by molar-refractivity contribution is 5.97. The number of carbonyl (C=O) groups is 3. The van der Waals surface area contributed by atoms with Crippen molar-refractivity contribution in [2.24, 2.45) is 92.7 Å². The number of ketones is 1. The van der Waals surface area contributed by atoms with Crippen molar-refractivity contribution >= 4 is 17.7 Å². The Morgan fingerprint density at radius 2 is 1.16 bits per heavy atom. The van der Waals surface area contributed by atoms with Gasteiger partial charge in [0.25, 0.3) is 0 Å². The normalized spacial score (nSPS) is 44.7. The number of fused-ring (bicyclic) bond motifs is 10. The van der Waals surface area contributed by atoms with E-state index in [0.717, 1.165) is 60.7 Å². The summed E-state index contributed by atoms with van der Waals surface area (Å²) in [7, 11) is 2.97. The topological polar surface area (TPSA) is 69.7 Å². The summed E-state index contributed by atoms with van der Waals surface area (Å²) in [6, 6.07) is 0. The van der Waals surface area contributed by atoms with Gasteiger partial charge in [-0.3, -0.25) is 14.4 Å². The van der Waals surface area contributed by atoms with Crippen LogP contribution in [0, 0.1) is 92.7 Å². The largest absolute Gasteiger partial charge is 0.469 e. The van der Waals surface area contributed by atoms with Crippen LogP contribution in [0.15, 0.2) is 23.3 Å². The van der Waals surface area contributed by atoms with Gasteiger partial charge in [0.05, 0.1) is 14.2 Å². The summed E-state index contributed by atoms with van der Waals surface area (Å²) in [4.78, 5) is 37.0. The number of ether oxygens (including phenoxy) is 2. The lowest BCUT2D eigenvalue weighted by Crippen LogP contribution is -2.51. The Bertz CT molecular complexity index is 1580. The highest BCUT2D eigenvalue weighted by atomic mass is 16.5. The SMILES string of the molecule is C.COC(=O)CC[C@@H](C)C1CCC2C3CC[C@@H]4C[C@H](C)CC[C@]4(C)C3=CC(=O)[C@@]21C.COC(=O)CC[C@@H](C)C1CCC2C3CC[C@@H]4C[C@H](C)CC[C@]4(C)C3=CC[C@@]21C. The molecule has 0 aromatic rings. The Labute approximate surface area is 355 Å². The number of allylic oxidation sites excluding steroid dienone is 4. The van der Waals surface area contributed by atoms with E-state index in [0.29, 0.717) is 59.0 Å². The van der Waals surface area contributed by atoms with Crippen LogP contribution in [0.5, 0.6) is 0 Å². The number of carbonyl (C=O) groups excluding carboxylic acids is 3. The average molecular weight is 803 g/mol. The molecule has 16 atom stereocenters. The molecule has 0 aliphatic heterocycles. The van der Waals surface area contributed by atoms with Gasteiger partial charge >= 0.3 is 11.9 Å². The molecule has 8 aliphatic carbocycles.